The Hall–Kier alpha value is -1.91. The Balaban J connectivity index is 3.00. The molecule has 0 unspecified atom stereocenters. The Labute approximate surface area is 100 Å². The normalized spacial score (nSPS) is 11.9. The van der Waals surface area contributed by atoms with Gasteiger partial charge < -0.3 is 4.74 Å². The third kappa shape index (κ3) is 3.03. The van der Waals surface area contributed by atoms with Gasteiger partial charge in [0.2, 0.25) is 0 Å². The SMILES string of the molecule is COC(=O)[C@@H](C)Cc1cc(=N)n(C=N)cc1C. The van der Waals surface area contributed by atoms with Crippen molar-refractivity contribution in [3.8, 4) is 0 Å². The molecule has 0 radical (unpaired) electrons. The Kier molecular flexibility index (Phi) is 4.20. The van der Waals surface area contributed by atoms with E-state index in [9.17, 15) is 4.79 Å². The van der Waals surface area contributed by atoms with Crippen LogP contribution >= 0.6 is 0 Å². The van der Waals surface area contributed by atoms with Gasteiger partial charge in [-0.15, -0.1) is 0 Å². The van der Waals surface area contributed by atoms with Crippen molar-refractivity contribution < 1.29 is 9.53 Å². The number of hydrogen-bond donors (Lipinski definition) is 2. The van der Waals surface area contributed by atoms with E-state index in [1.54, 1.807) is 19.2 Å². The zero-order valence-corrected chi connectivity index (χ0v) is 10.3. The maximum Gasteiger partial charge on any atom is 0.308 e. The molecule has 0 spiro atoms. The third-order valence-corrected chi connectivity index (χ3v) is 2.70. The average Bonchev–Trinajstić information content (AvgIpc) is 2.32. The number of methoxy groups -OCH3 is 1. The molecule has 0 aliphatic rings. The zero-order valence-electron chi connectivity index (χ0n) is 10.3. The van der Waals surface area contributed by atoms with Crippen molar-refractivity contribution in [1.29, 1.82) is 10.8 Å². The lowest BCUT2D eigenvalue weighted by Gasteiger charge is -2.12. The van der Waals surface area contributed by atoms with Crippen LogP contribution in [-0.2, 0) is 16.0 Å². The van der Waals surface area contributed by atoms with Crippen molar-refractivity contribution in [1.82, 2.24) is 4.57 Å². The maximum absolute atomic E-state index is 11.3. The molecule has 92 valence electrons. The lowest BCUT2D eigenvalue weighted by molar-refractivity contribution is -0.144. The van der Waals surface area contributed by atoms with Crippen LogP contribution < -0.4 is 5.49 Å². The van der Waals surface area contributed by atoms with Crippen LogP contribution in [0.25, 0.3) is 0 Å². The summed E-state index contributed by atoms with van der Waals surface area (Å²) in [6, 6.07) is 1.68. The fourth-order valence-corrected chi connectivity index (χ4v) is 1.66. The van der Waals surface area contributed by atoms with Gasteiger partial charge in [0.25, 0.3) is 0 Å². The van der Waals surface area contributed by atoms with E-state index in [-0.39, 0.29) is 17.4 Å². The molecule has 0 aliphatic heterocycles. The molecular weight excluding hydrogens is 218 g/mol. The molecule has 1 aromatic rings. The molecule has 0 aliphatic carbocycles. The van der Waals surface area contributed by atoms with Crippen LogP contribution in [0.1, 0.15) is 18.1 Å². The quantitative estimate of drug-likeness (QED) is 0.465. The number of carbonyl (C=O) groups excluding carboxylic acids is 1. The second-order valence-corrected chi connectivity index (χ2v) is 4.03. The van der Waals surface area contributed by atoms with E-state index in [0.717, 1.165) is 17.5 Å². The van der Waals surface area contributed by atoms with E-state index < -0.39 is 0 Å². The summed E-state index contributed by atoms with van der Waals surface area (Å²) in [5.41, 5.74) is 2.13. The van der Waals surface area contributed by atoms with Gasteiger partial charge in [0.1, 0.15) is 5.49 Å². The number of carbonyl (C=O) groups is 1. The van der Waals surface area contributed by atoms with Gasteiger partial charge in [-0.3, -0.25) is 20.2 Å². The van der Waals surface area contributed by atoms with E-state index in [2.05, 4.69) is 4.74 Å². The highest BCUT2D eigenvalue weighted by molar-refractivity contribution is 5.72. The molecule has 1 aromatic heterocycles. The van der Waals surface area contributed by atoms with Crippen LogP contribution in [0.15, 0.2) is 12.3 Å². The topological polar surface area (TPSA) is 78.9 Å². The van der Waals surface area contributed by atoms with Crippen LogP contribution in [0.4, 0.5) is 0 Å². The highest BCUT2D eigenvalue weighted by Gasteiger charge is 2.15. The molecule has 5 heteroatoms. The minimum Gasteiger partial charge on any atom is -0.469 e. The fourth-order valence-electron chi connectivity index (χ4n) is 1.66. The molecule has 1 rings (SSSR count). The van der Waals surface area contributed by atoms with Gasteiger partial charge >= 0.3 is 5.97 Å². The molecule has 0 saturated carbocycles. The summed E-state index contributed by atoms with van der Waals surface area (Å²) in [6.45, 7) is 3.70. The minimum absolute atomic E-state index is 0.228. The molecule has 17 heavy (non-hydrogen) atoms. The molecule has 0 fully saturated rings. The van der Waals surface area contributed by atoms with E-state index in [1.807, 2.05) is 6.92 Å². The van der Waals surface area contributed by atoms with Gasteiger partial charge in [0, 0.05) is 6.20 Å². The third-order valence-electron chi connectivity index (χ3n) is 2.70. The summed E-state index contributed by atoms with van der Waals surface area (Å²) in [5, 5.41) is 14.8. The number of nitrogens with one attached hydrogen (secondary N) is 2. The molecule has 2 N–H and O–H groups in total. The predicted octanol–water partition coefficient (Wildman–Crippen LogP) is 1.08. The van der Waals surface area contributed by atoms with E-state index in [0.29, 0.717) is 6.42 Å². The van der Waals surface area contributed by atoms with E-state index in [1.165, 1.54) is 11.7 Å². The van der Waals surface area contributed by atoms with Crippen LogP contribution in [0, 0.1) is 23.7 Å². The van der Waals surface area contributed by atoms with Crippen molar-refractivity contribution in [3.05, 3.63) is 28.9 Å². The smallest absolute Gasteiger partial charge is 0.308 e. The monoisotopic (exact) mass is 235 g/mol. The molecule has 0 bridgehead atoms. The van der Waals surface area contributed by atoms with Crippen LogP contribution in [0.5, 0.6) is 0 Å². The first kappa shape index (κ1) is 13.2. The Morgan fingerprint density at radius 1 is 1.65 bits per heavy atom. The molecule has 0 saturated heterocycles. The Morgan fingerprint density at radius 3 is 2.82 bits per heavy atom. The lowest BCUT2D eigenvalue weighted by atomic mass is 9.99. The van der Waals surface area contributed by atoms with Crippen LogP contribution in [0.3, 0.4) is 0 Å². The standard InChI is InChI=1S/C12H17N3O2/c1-8(12(16)17-3)4-10-5-11(14)15(7-13)6-9(10)2/h5-8,13-14H,4H2,1-3H3/t8-/m0/s1. The molecule has 5 nitrogen and oxygen atoms in total. The largest absolute Gasteiger partial charge is 0.469 e. The van der Waals surface area contributed by atoms with Gasteiger partial charge in [-0.25, -0.2) is 0 Å². The summed E-state index contributed by atoms with van der Waals surface area (Å²) in [6.07, 6.45) is 3.35. The maximum atomic E-state index is 11.3. The predicted molar refractivity (Wildman–Crippen MR) is 64.1 cm³/mol. The highest BCUT2D eigenvalue weighted by Crippen LogP contribution is 2.12. The lowest BCUT2D eigenvalue weighted by Crippen LogP contribution is -2.22. The molecule has 1 heterocycles. The number of aryl methyl sites for hydroxylation is 1. The van der Waals surface area contributed by atoms with Crippen LogP contribution in [-0.4, -0.2) is 24.0 Å². The van der Waals surface area contributed by atoms with Crippen molar-refractivity contribution in [2.45, 2.75) is 20.3 Å². The van der Waals surface area contributed by atoms with Gasteiger partial charge in [-0.1, -0.05) is 6.92 Å². The van der Waals surface area contributed by atoms with Crippen molar-refractivity contribution in [2.24, 2.45) is 5.92 Å². The molecule has 0 aromatic carbocycles. The number of nitrogens with zero attached hydrogens (tertiary/aromatic N) is 1. The second kappa shape index (κ2) is 5.43. The fraction of sp³-hybridized carbons (Fsp3) is 0.417. The van der Waals surface area contributed by atoms with Crippen molar-refractivity contribution in [3.63, 3.8) is 0 Å². The molecule has 0 amide bonds. The molecular formula is C12H17N3O2. The zero-order chi connectivity index (χ0) is 13.0. The minimum atomic E-state index is -0.250. The van der Waals surface area contributed by atoms with Gasteiger partial charge in [0.15, 0.2) is 0 Å². The number of ether oxygens (including phenoxy) is 1. The summed E-state index contributed by atoms with van der Waals surface area (Å²) >= 11 is 0. The summed E-state index contributed by atoms with van der Waals surface area (Å²) < 4.78 is 6.09. The van der Waals surface area contributed by atoms with Crippen LogP contribution in [0.2, 0.25) is 0 Å². The number of esters is 1. The number of hydrogen-bond acceptors (Lipinski definition) is 4. The number of pyridine rings is 1. The Bertz CT molecular complexity index is 491. The highest BCUT2D eigenvalue weighted by atomic mass is 16.5. The van der Waals surface area contributed by atoms with Gasteiger partial charge in [0.05, 0.1) is 19.4 Å². The summed E-state index contributed by atoms with van der Waals surface area (Å²) in [4.78, 5) is 11.3. The number of aromatic nitrogens is 1. The second-order valence-electron chi connectivity index (χ2n) is 4.03. The first-order valence-corrected chi connectivity index (χ1v) is 5.34. The summed E-state index contributed by atoms with van der Waals surface area (Å²) in [5.74, 6) is -0.478. The summed E-state index contributed by atoms with van der Waals surface area (Å²) in [7, 11) is 1.37. The van der Waals surface area contributed by atoms with E-state index >= 15 is 0 Å². The number of rotatable bonds is 4. The van der Waals surface area contributed by atoms with Crippen molar-refractivity contribution in [2.75, 3.05) is 7.11 Å². The van der Waals surface area contributed by atoms with E-state index in [4.69, 9.17) is 10.8 Å². The first-order valence-electron chi connectivity index (χ1n) is 5.34. The average molecular weight is 235 g/mol. The van der Waals surface area contributed by atoms with Gasteiger partial charge in [-0.05, 0) is 30.5 Å². The Morgan fingerprint density at radius 2 is 2.29 bits per heavy atom. The van der Waals surface area contributed by atoms with Gasteiger partial charge in [-0.2, -0.15) is 0 Å². The molecule has 1 atom stereocenters. The van der Waals surface area contributed by atoms with Crippen molar-refractivity contribution >= 4 is 12.3 Å². The first-order chi connectivity index (χ1) is 7.99.